The van der Waals surface area contributed by atoms with Gasteiger partial charge in [0, 0.05) is 29.1 Å². The van der Waals surface area contributed by atoms with Crippen LogP contribution in [0, 0.1) is 11.6 Å². The van der Waals surface area contributed by atoms with Gasteiger partial charge in [0.15, 0.2) is 23.1 Å². The zero-order valence-electron chi connectivity index (χ0n) is 19.6. The number of methoxy groups -OCH3 is 2. The molecule has 0 aliphatic carbocycles. The van der Waals surface area contributed by atoms with Crippen molar-refractivity contribution in [3.05, 3.63) is 47.0 Å². The van der Waals surface area contributed by atoms with Crippen molar-refractivity contribution in [1.82, 2.24) is 10.8 Å². The van der Waals surface area contributed by atoms with Crippen LogP contribution < -0.4 is 29.7 Å². The Labute approximate surface area is 192 Å². The first-order valence-corrected chi connectivity index (χ1v) is 10.8. The topological polar surface area (TPSA) is 81.2 Å². The minimum Gasteiger partial charge on any atom is -0.496 e. The van der Waals surface area contributed by atoms with Crippen LogP contribution >= 0.6 is 0 Å². The summed E-state index contributed by atoms with van der Waals surface area (Å²) < 4.78 is 48.1. The smallest absolute Gasteiger partial charge is 0.165 e. The van der Waals surface area contributed by atoms with E-state index in [9.17, 15) is 8.78 Å². The monoisotopic (exact) mass is 466 g/mol. The van der Waals surface area contributed by atoms with Crippen molar-refractivity contribution < 1.29 is 32.9 Å². The van der Waals surface area contributed by atoms with E-state index in [4.69, 9.17) is 24.2 Å². The first-order valence-electron chi connectivity index (χ1n) is 10.8. The lowest BCUT2D eigenvalue weighted by Crippen LogP contribution is -2.49. The summed E-state index contributed by atoms with van der Waals surface area (Å²) in [7, 11) is 3.11. The molecule has 2 aliphatic heterocycles. The van der Waals surface area contributed by atoms with Crippen molar-refractivity contribution in [1.29, 1.82) is 0 Å². The third-order valence-corrected chi connectivity index (χ3v) is 5.36. The SMILES string of the molecule is COc1ccc(F)c2c1C[C@@H](NC(C)(C)C)CO2.COc1ccc(F)c2c1C[C@@H](NO)CO2. The molecule has 2 atom stereocenters. The van der Waals surface area contributed by atoms with Crippen molar-refractivity contribution >= 4 is 0 Å². The molecule has 0 fully saturated rings. The molecule has 9 heteroatoms. The molecule has 0 bridgehead atoms. The van der Waals surface area contributed by atoms with Gasteiger partial charge in [0.1, 0.15) is 24.7 Å². The van der Waals surface area contributed by atoms with Crippen LogP contribution in [0.15, 0.2) is 24.3 Å². The van der Waals surface area contributed by atoms with Gasteiger partial charge in [0.05, 0.1) is 20.3 Å². The number of ether oxygens (including phenoxy) is 4. The molecule has 0 amide bonds. The highest BCUT2D eigenvalue weighted by atomic mass is 19.1. The molecule has 7 nitrogen and oxygen atoms in total. The Bertz CT molecular complexity index is 965. The highest BCUT2D eigenvalue weighted by Crippen LogP contribution is 2.36. The summed E-state index contributed by atoms with van der Waals surface area (Å²) in [6.45, 7) is 7.03. The number of halogens is 2. The van der Waals surface area contributed by atoms with Crippen LogP contribution in [0.5, 0.6) is 23.0 Å². The van der Waals surface area contributed by atoms with Crippen molar-refractivity contribution in [3.8, 4) is 23.0 Å². The molecule has 0 saturated heterocycles. The van der Waals surface area contributed by atoms with Gasteiger partial charge in [-0.05, 0) is 51.5 Å². The first-order chi connectivity index (χ1) is 15.7. The Morgan fingerprint density at radius 3 is 1.73 bits per heavy atom. The van der Waals surface area contributed by atoms with Crippen LogP contribution in [-0.4, -0.2) is 50.3 Å². The molecular formula is C24H32F2N2O5. The van der Waals surface area contributed by atoms with E-state index in [-0.39, 0.29) is 35.8 Å². The van der Waals surface area contributed by atoms with E-state index in [0.29, 0.717) is 42.3 Å². The van der Waals surface area contributed by atoms with Crippen LogP contribution in [-0.2, 0) is 12.8 Å². The van der Waals surface area contributed by atoms with Crippen molar-refractivity contribution in [3.63, 3.8) is 0 Å². The number of hydrogen-bond donors (Lipinski definition) is 3. The van der Waals surface area contributed by atoms with Crippen LogP contribution in [0.4, 0.5) is 8.78 Å². The quantitative estimate of drug-likeness (QED) is 0.594. The van der Waals surface area contributed by atoms with E-state index < -0.39 is 5.82 Å². The van der Waals surface area contributed by atoms with Gasteiger partial charge in [0.25, 0.3) is 0 Å². The fourth-order valence-electron chi connectivity index (χ4n) is 4.01. The maximum atomic E-state index is 13.7. The molecule has 2 aliphatic rings. The summed E-state index contributed by atoms with van der Waals surface area (Å²) in [4.78, 5) is 0. The summed E-state index contributed by atoms with van der Waals surface area (Å²) in [6, 6.07) is 5.84. The Morgan fingerprint density at radius 2 is 1.30 bits per heavy atom. The maximum Gasteiger partial charge on any atom is 0.165 e. The van der Waals surface area contributed by atoms with Crippen molar-refractivity contribution in [2.75, 3.05) is 27.4 Å². The molecule has 2 heterocycles. The Balaban J connectivity index is 0.000000189. The molecule has 3 N–H and O–H groups in total. The zero-order chi connectivity index (χ0) is 24.2. The molecular weight excluding hydrogens is 434 g/mol. The number of hydrogen-bond acceptors (Lipinski definition) is 7. The second kappa shape index (κ2) is 10.5. The number of hydroxylamine groups is 1. The maximum absolute atomic E-state index is 13.7. The molecule has 0 spiro atoms. The molecule has 182 valence electrons. The summed E-state index contributed by atoms with van der Waals surface area (Å²) in [6.07, 6.45) is 1.19. The third-order valence-electron chi connectivity index (χ3n) is 5.36. The van der Waals surface area contributed by atoms with E-state index in [0.717, 1.165) is 5.56 Å². The second-order valence-electron chi connectivity index (χ2n) is 9.06. The van der Waals surface area contributed by atoms with E-state index in [2.05, 4.69) is 31.6 Å². The minimum atomic E-state index is -0.401. The zero-order valence-corrected chi connectivity index (χ0v) is 19.6. The largest absolute Gasteiger partial charge is 0.496 e. The van der Waals surface area contributed by atoms with E-state index in [1.165, 1.54) is 19.2 Å². The predicted octanol–water partition coefficient (Wildman–Crippen LogP) is 3.64. The van der Waals surface area contributed by atoms with E-state index in [1.807, 2.05) is 0 Å². The van der Waals surface area contributed by atoms with Gasteiger partial charge in [-0.3, -0.25) is 0 Å². The Kier molecular flexibility index (Phi) is 7.99. The summed E-state index contributed by atoms with van der Waals surface area (Å²) in [5.41, 5.74) is 3.58. The van der Waals surface area contributed by atoms with E-state index >= 15 is 0 Å². The minimum absolute atomic E-state index is 0.00604. The molecule has 2 aromatic carbocycles. The standard InChI is InChI=1S/C14H20FNO2.C10H12FNO3/c1-14(2,3)16-9-7-10-12(17-4)6-5-11(15)13(10)18-8-9;1-14-9-3-2-8(11)10-7(9)4-6(12-13)5-15-10/h5-6,9,16H,7-8H2,1-4H3;2-3,6,12-13H,4-5H2,1H3/t9-;6-/m11/s1. The first kappa shape index (κ1) is 25.0. The van der Waals surface area contributed by atoms with E-state index in [1.54, 1.807) is 19.2 Å². The fraction of sp³-hybridized carbons (Fsp3) is 0.500. The summed E-state index contributed by atoms with van der Waals surface area (Å²) >= 11 is 0. The van der Waals surface area contributed by atoms with Crippen LogP contribution in [0.1, 0.15) is 31.9 Å². The summed E-state index contributed by atoms with van der Waals surface area (Å²) in [5, 5.41) is 12.3. The number of nitrogens with one attached hydrogen (secondary N) is 2. The molecule has 0 unspecified atom stereocenters. The normalized spacial score (nSPS) is 19.2. The number of fused-ring (bicyclic) bond motifs is 2. The summed E-state index contributed by atoms with van der Waals surface area (Å²) in [5.74, 6) is 1.10. The molecule has 0 saturated carbocycles. The van der Waals surface area contributed by atoms with Gasteiger partial charge in [-0.25, -0.2) is 8.78 Å². The van der Waals surface area contributed by atoms with Crippen LogP contribution in [0.2, 0.25) is 0 Å². The molecule has 4 rings (SSSR count). The van der Waals surface area contributed by atoms with Gasteiger partial charge < -0.3 is 29.5 Å². The average molecular weight is 467 g/mol. The highest BCUT2D eigenvalue weighted by molar-refractivity contribution is 5.48. The Hall–Kier alpha value is -2.62. The molecule has 2 aromatic rings. The molecule has 0 aromatic heterocycles. The van der Waals surface area contributed by atoms with Crippen LogP contribution in [0.3, 0.4) is 0 Å². The van der Waals surface area contributed by atoms with Crippen molar-refractivity contribution in [2.45, 2.75) is 51.2 Å². The Morgan fingerprint density at radius 1 is 0.848 bits per heavy atom. The molecule has 0 radical (unpaired) electrons. The fourth-order valence-corrected chi connectivity index (χ4v) is 4.01. The van der Waals surface area contributed by atoms with Gasteiger partial charge >= 0.3 is 0 Å². The van der Waals surface area contributed by atoms with Gasteiger partial charge in [-0.15, -0.1) is 0 Å². The molecule has 33 heavy (non-hydrogen) atoms. The third kappa shape index (κ3) is 6.04. The number of benzene rings is 2. The number of rotatable bonds is 4. The lowest BCUT2D eigenvalue weighted by atomic mass is 9.98. The van der Waals surface area contributed by atoms with Gasteiger partial charge in [0.2, 0.25) is 0 Å². The van der Waals surface area contributed by atoms with Crippen molar-refractivity contribution in [2.24, 2.45) is 0 Å². The van der Waals surface area contributed by atoms with Gasteiger partial charge in [-0.1, -0.05) is 0 Å². The average Bonchev–Trinajstić information content (AvgIpc) is 2.79. The lowest BCUT2D eigenvalue weighted by molar-refractivity contribution is 0.0860. The lowest BCUT2D eigenvalue weighted by Gasteiger charge is -2.32. The van der Waals surface area contributed by atoms with Gasteiger partial charge in [-0.2, -0.15) is 5.48 Å². The second-order valence-corrected chi connectivity index (χ2v) is 9.06. The van der Waals surface area contributed by atoms with Crippen LogP contribution in [0.25, 0.3) is 0 Å². The predicted molar refractivity (Wildman–Crippen MR) is 120 cm³/mol. The highest BCUT2D eigenvalue weighted by Gasteiger charge is 2.28.